The Bertz CT molecular complexity index is 637. The SMILES string of the molecule is CCCCN(CCc1ccc(C)cc1)CCc1cccc(NC=O)c1. The topological polar surface area (TPSA) is 32.3 Å². The van der Waals surface area contributed by atoms with E-state index < -0.39 is 0 Å². The average Bonchev–Trinajstić information content (AvgIpc) is 2.63. The molecule has 0 atom stereocenters. The molecule has 25 heavy (non-hydrogen) atoms. The largest absolute Gasteiger partial charge is 0.329 e. The first-order valence-electron chi connectivity index (χ1n) is 9.28. The molecule has 3 nitrogen and oxygen atoms in total. The zero-order valence-corrected chi connectivity index (χ0v) is 15.5. The van der Waals surface area contributed by atoms with Crippen LogP contribution in [0.4, 0.5) is 5.69 Å². The molecule has 0 aromatic heterocycles. The van der Waals surface area contributed by atoms with Gasteiger partial charge in [-0.15, -0.1) is 0 Å². The van der Waals surface area contributed by atoms with Gasteiger partial charge in [-0.1, -0.05) is 55.3 Å². The van der Waals surface area contributed by atoms with E-state index in [1.165, 1.54) is 29.5 Å². The van der Waals surface area contributed by atoms with Gasteiger partial charge < -0.3 is 10.2 Å². The molecule has 1 N–H and O–H groups in total. The van der Waals surface area contributed by atoms with Crippen molar-refractivity contribution >= 4 is 12.1 Å². The van der Waals surface area contributed by atoms with Gasteiger partial charge >= 0.3 is 0 Å². The lowest BCUT2D eigenvalue weighted by Gasteiger charge is -2.22. The maximum absolute atomic E-state index is 10.6. The van der Waals surface area contributed by atoms with Crippen LogP contribution in [0.5, 0.6) is 0 Å². The van der Waals surface area contributed by atoms with Gasteiger partial charge in [0.15, 0.2) is 0 Å². The van der Waals surface area contributed by atoms with Gasteiger partial charge in [-0.2, -0.15) is 0 Å². The molecule has 0 saturated carbocycles. The predicted molar refractivity (Wildman–Crippen MR) is 106 cm³/mol. The molecule has 2 rings (SSSR count). The fourth-order valence-electron chi connectivity index (χ4n) is 2.93. The van der Waals surface area contributed by atoms with E-state index >= 15 is 0 Å². The van der Waals surface area contributed by atoms with Gasteiger partial charge in [0.25, 0.3) is 0 Å². The van der Waals surface area contributed by atoms with Crippen molar-refractivity contribution < 1.29 is 4.79 Å². The molecule has 1 amide bonds. The van der Waals surface area contributed by atoms with E-state index in [1.807, 2.05) is 12.1 Å². The maximum atomic E-state index is 10.6. The van der Waals surface area contributed by atoms with Crippen LogP contribution >= 0.6 is 0 Å². The molecule has 0 radical (unpaired) electrons. The molecule has 2 aromatic carbocycles. The van der Waals surface area contributed by atoms with Crippen molar-refractivity contribution in [3.05, 3.63) is 65.2 Å². The summed E-state index contributed by atoms with van der Waals surface area (Å²) in [6.07, 6.45) is 5.29. The van der Waals surface area contributed by atoms with Crippen molar-refractivity contribution in [1.82, 2.24) is 4.90 Å². The minimum Gasteiger partial charge on any atom is -0.329 e. The third-order valence-electron chi connectivity index (χ3n) is 4.53. The summed E-state index contributed by atoms with van der Waals surface area (Å²) in [5.74, 6) is 0. The first kappa shape index (κ1) is 19.2. The summed E-state index contributed by atoms with van der Waals surface area (Å²) in [6.45, 7) is 7.66. The van der Waals surface area contributed by atoms with Crippen molar-refractivity contribution in [3.8, 4) is 0 Å². The molecule has 0 spiro atoms. The maximum Gasteiger partial charge on any atom is 0.211 e. The van der Waals surface area contributed by atoms with Crippen LogP contribution in [0.15, 0.2) is 48.5 Å². The summed E-state index contributed by atoms with van der Waals surface area (Å²) in [5.41, 5.74) is 4.86. The highest BCUT2D eigenvalue weighted by atomic mass is 16.1. The Morgan fingerprint density at radius 3 is 2.36 bits per heavy atom. The highest BCUT2D eigenvalue weighted by molar-refractivity contribution is 5.71. The van der Waals surface area contributed by atoms with Gasteiger partial charge in [0.05, 0.1) is 0 Å². The van der Waals surface area contributed by atoms with Crippen molar-refractivity contribution in [2.75, 3.05) is 25.0 Å². The second-order valence-electron chi connectivity index (χ2n) is 6.64. The number of carbonyl (C=O) groups excluding carboxylic acids is 1. The Morgan fingerprint density at radius 2 is 1.68 bits per heavy atom. The molecule has 0 heterocycles. The number of hydrogen-bond donors (Lipinski definition) is 1. The van der Waals surface area contributed by atoms with Gasteiger partial charge in [-0.25, -0.2) is 0 Å². The molecule has 0 fully saturated rings. The average molecular weight is 338 g/mol. The number of benzene rings is 2. The number of hydrogen-bond acceptors (Lipinski definition) is 2. The summed E-state index contributed by atoms with van der Waals surface area (Å²) in [4.78, 5) is 13.2. The lowest BCUT2D eigenvalue weighted by Crippen LogP contribution is -2.29. The quantitative estimate of drug-likeness (QED) is 0.614. The minimum absolute atomic E-state index is 0.730. The van der Waals surface area contributed by atoms with Crippen LogP contribution in [0, 0.1) is 6.92 Å². The van der Waals surface area contributed by atoms with E-state index in [0.29, 0.717) is 0 Å². The second kappa shape index (κ2) is 10.7. The van der Waals surface area contributed by atoms with Crippen LogP contribution in [-0.4, -0.2) is 30.9 Å². The molecule has 0 aliphatic carbocycles. The van der Waals surface area contributed by atoms with Crippen LogP contribution in [0.2, 0.25) is 0 Å². The van der Waals surface area contributed by atoms with Gasteiger partial charge in [-0.3, -0.25) is 4.79 Å². The number of aryl methyl sites for hydroxylation is 1. The van der Waals surface area contributed by atoms with Gasteiger partial charge in [0, 0.05) is 18.8 Å². The van der Waals surface area contributed by atoms with Crippen molar-refractivity contribution in [3.63, 3.8) is 0 Å². The summed E-state index contributed by atoms with van der Waals surface area (Å²) < 4.78 is 0. The molecule has 0 aliphatic rings. The number of anilines is 1. The van der Waals surface area contributed by atoms with E-state index in [2.05, 4.69) is 60.5 Å². The number of nitrogens with zero attached hydrogens (tertiary/aromatic N) is 1. The smallest absolute Gasteiger partial charge is 0.211 e. The molecular formula is C22H30N2O. The normalized spacial score (nSPS) is 10.8. The highest BCUT2D eigenvalue weighted by Gasteiger charge is 2.06. The molecule has 0 aliphatic heterocycles. The monoisotopic (exact) mass is 338 g/mol. The third-order valence-corrected chi connectivity index (χ3v) is 4.53. The predicted octanol–water partition coefficient (Wildman–Crippen LogP) is 4.45. The van der Waals surface area contributed by atoms with E-state index in [-0.39, 0.29) is 0 Å². The third kappa shape index (κ3) is 7.10. The molecule has 0 unspecified atom stereocenters. The number of unbranched alkanes of at least 4 members (excludes halogenated alkanes) is 1. The molecular weight excluding hydrogens is 308 g/mol. The summed E-state index contributed by atoms with van der Waals surface area (Å²) in [5, 5.41) is 2.73. The number of amides is 1. The van der Waals surface area contributed by atoms with Crippen LogP contribution in [-0.2, 0) is 17.6 Å². The lowest BCUT2D eigenvalue weighted by atomic mass is 10.1. The van der Waals surface area contributed by atoms with Crippen molar-refractivity contribution in [2.45, 2.75) is 39.5 Å². The van der Waals surface area contributed by atoms with E-state index in [1.54, 1.807) is 0 Å². The van der Waals surface area contributed by atoms with Crippen molar-refractivity contribution in [1.29, 1.82) is 0 Å². The molecule has 3 heteroatoms. The van der Waals surface area contributed by atoms with E-state index in [0.717, 1.165) is 44.6 Å². The second-order valence-corrected chi connectivity index (χ2v) is 6.64. The van der Waals surface area contributed by atoms with Crippen LogP contribution in [0.1, 0.15) is 36.5 Å². The van der Waals surface area contributed by atoms with Crippen LogP contribution in [0.3, 0.4) is 0 Å². The van der Waals surface area contributed by atoms with Crippen molar-refractivity contribution in [2.24, 2.45) is 0 Å². The van der Waals surface area contributed by atoms with Crippen LogP contribution < -0.4 is 5.32 Å². The van der Waals surface area contributed by atoms with Gasteiger partial charge in [-0.05, 0) is 56.0 Å². The Balaban J connectivity index is 1.89. The first-order valence-corrected chi connectivity index (χ1v) is 9.28. The lowest BCUT2D eigenvalue weighted by molar-refractivity contribution is -0.105. The Morgan fingerprint density at radius 1 is 0.960 bits per heavy atom. The fraction of sp³-hybridized carbons (Fsp3) is 0.409. The van der Waals surface area contributed by atoms with Gasteiger partial charge in [0.2, 0.25) is 6.41 Å². The summed E-state index contributed by atoms with van der Waals surface area (Å²) >= 11 is 0. The first-order chi connectivity index (χ1) is 12.2. The molecule has 2 aromatic rings. The molecule has 134 valence electrons. The van der Waals surface area contributed by atoms with E-state index in [9.17, 15) is 4.79 Å². The standard InChI is InChI=1S/C22H30N2O/c1-3-4-14-24(15-12-20-10-8-19(2)9-11-20)16-13-21-6-5-7-22(17-21)23-18-25/h5-11,17-18H,3-4,12-16H2,1-2H3,(H,23,25). The van der Waals surface area contributed by atoms with E-state index in [4.69, 9.17) is 0 Å². The number of rotatable bonds is 11. The summed E-state index contributed by atoms with van der Waals surface area (Å²) in [7, 11) is 0. The zero-order valence-electron chi connectivity index (χ0n) is 15.5. The Kier molecular flexibility index (Phi) is 8.20. The fourth-order valence-corrected chi connectivity index (χ4v) is 2.93. The van der Waals surface area contributed by atoms with Crippen LogP contribution in [0.25, 0.3) is 0 Å². The Hall–Kier alpha value is -2.13. The minimum atomic E-state index is 0.730. The molecule has 0 saturated heterocycles. The number of nitrogens with one attached hydrogen (secondary N) is 1. The highest BCUT2D eigenvalue weighted by Crippen LogP contribution is 2.12. The zero-order chi connectivity index (χ0) is 17.9. The summed E-state index contributed by atoms with van der Waals surface area (Å²) in [6, 6.07) is 17.0. The number of carbonyl (C=O) groups is 1. The Labute approximate surface area is 152 Å². The van der Waals surface area contributed by atoms with Gasteiger partial charge in [0.1, 0.15) is 0 Å². The molecule has 0 bridgehead atoms.